The Labute approximate surface area is 250 Å². The van der Waals surface area contributed by atoms with Gasteiger partial charge in [0.1, 0.15) is 21.5 Å². The summed E-state index contributed by atoms with van der Waals surface area (Å²) in [6.45, 7) is 2.49. The van der Waals surface area contributed by atoms with Gasteiger partial charge in [0.15, 0.2) is 27.3 Å². The summed E-state index contributed by atoms with van der Waals surface area (Å²) in [5.41, 5.74) is 0.962. The van der Waals surface area contributed by atoms with Crippen LogP contribution >= 0.6 is 22.7 Å². The van der Waals surface area contributed by atoms with Crippen LogP contribution in [0.2, 0.25) is 0 Å². The number of anilines is 1. The minimum atomic E-state index is -3.56. The van der Waals surface area contributed by atoms with E-state index in [1.54, 1.807) is 12.3 Å². The molecule has 6 rings (SSSR count). The maximum absolute atomic E-state index is 13.4. The number of nitrogens with zero attached hydrogens (tertiary/aromatic N) is 4. The van der Waals surface area contributed by atoms with Crippen molar-refractivity contribution in [3.05, 3.63) is 58.5 Å². The first-order valence-electron chi connectivity index (χ1n) is 13.4. The monoisotopic (exact) mass is 628 g/mol. The number of sulfone groups is 1. The zero-order chi connectivity index (χ0) is 28.9. The molecule has 220 valence electrons. The number of rotatable bonds is 10. The van der Waals surface area contributed by atoms with E-state index in [9.17, 15) is 13.2 Å². The zero-order valence-electron chi connectivity index (χ0n) is 22.4. The number of fused-ring (bicyclic) bond motifs is 1. The van der Waals surface area contributed by atoms with Crippen molar-refractivity contribution in [2.45, 2.75) is 42.1 Å². The zero-order valence-corrected chi connectivity index (χ0v) is 24.8. The molecule has 2 N–H and O–H groups in total. The van der Waals surface area contributed by atoms with Crippen molar-refractivity contribution in [1.29, 1.82) is 0 Å². The van der Waals surface area contributed by atoms with Crippen molar-refractivity contribution >= 4 is 59.6 Å². The molecule has 4 aromatic rings. The second-order valence-corrected chi connectivity index (χ2v) is 13.9. The molecule has 2 aliphatic heterocycles. The molecule has 0 spiro atoms. The maximum atomic E-state index is 13.4. The van der Waals surface area contributed by atoms with Gasteiger partial charge in [-0.25, -0.2) is 23.4 Å². The molecule has 1 amide bonds. The molecule has 3 aromatic heterocycles. The van der Waals surface area contributed by atoms with Crippen molar-refractivity contribution in [1.82, 2.24) is 20.3 Å². The SMILES string of the molecule is O=C(Nc1nc2ccc(OC3CCNCC3)nc2s1)/C(=N/OCc1nccs1)c1ccc(S(=O)(=O)[C@H]2CCOC2)cc1. The summed E-state index contributed by atoms with van der Waals surface area (Å²) in [5, 5.41) is 12.5. The Hall–Kier alpha value is -3.50. The Morgan fingerprint density at radius 2 is 1.95 bits per heavy atom. The van der Waals surface area contributed by atoms with Gasteiger partial charge in [0.2, 0.25) is 5.88 Å². The second-order valence-electron chi connectivity index (χ2n) is 9.71. The Morgan fingerprint density at radius 3 is 2.69 bits per heavy atom. The Bertz CT molecular complexity index is 1660. The highest BCUT2D eigenvalue weighted by atomic mass is 32.2. The average Bonchev–Trinajstić information content (AvgIpc) is 3.79. The average molecular weight is 629 g/mol. The third kappa shape index (κ3) is 6.60. The van der Waals surface area contributed by atoms with Crippen LogP contribution in [0.5, 0.6) is 5.88 Å². The number of piperidine rings is 1. The van der Waals surface area contributed by atoms with Gasteiger partial charge >= 0.3 is 0 Å². The molecular formula is C27H28N6O6S3. The van der Waals surface area contributed by atoms with E-state index in [1.807, 2.05) is 11.4 Å². The summed E-state index contributed by atoms with van der Waals surface area (Å²) in [5.74, 6) is -0.0489. The van der Waals surface area contributed by atoms with Crippen LogP contribution in [0.3, 0.4) is 0 Å². The number of amides is 1. The quantitative estimate of drug-likeness (QED) is 0.197. The summed E-state index contributed by atoms with van der Waals surface area (Å²) in [7, 11) is -3.56. The van der Waals surface area contributed by atoms with E-state index in [2.05, 4.69) is 30.7 Å². The van der Waals surface area contributed by atoms with Crippen molar-refractivity contribution in [2.75, 3.05) is 31.6 Å². The highest BCUT2D eigenvalue weighted by molar-refractivity contribution is 7.92. The molecule has 2 saturated heterocycles. The summed E-state index contributed by atoms with van der Waals surface area (Å²) >= 11 is 2.62. The number of benzene rings is 1. The molecule has 12 nitrogen and oxygen atoms in total. The molecule has 0 unspecified atom stereocenters. The number of aromatic nitrogens is 3. The minimum absolute atomic E-state index is 0.0400. The summed E-state index contributed by atoms with van der Waals surface area (Å²) in [6, 6.07) is 9.61. The molecule has 0 radical (unpaired) electrons. The lowest BCUT2D eigenvalue weighted by Gasteiger charge is -2.23. The van der Waals surface area contributed by atoms with Gasteiger partial charge in [0.05, 0.1) is 16.8 Å². The number of carbonyl (C=O) groups excluding carboxylic acids is 1. The van der Waals surface area contributed by atoms with E-state index in [0.29, 0.717) is 45.0 Å². The molecule has 15 heteroatoms. The fourth-order valence-electron chi connectivity index (χ4n) is 4.61. The number of pyridine rings is 1. The van der Waals surface area contributed by atoms with Gasteiger partial charge < -0.3 is 19.6 Å². The van der Waals surface area contributed by atoms with Crippen molar-refractivity contribution in [3.8, 4) is 5.88 Å². The maximum Gasteiger partial charge on any atom is 0.280 e. The van der Waals surface area contributed by atoms with Crippen LogP contribution < -0.4 is 15.4 Å². The number of nitrogens with one attached hydrogen (secondary N) is 2. The number of carbonyl (C=O) groups is 1. The third-order valence-corrected chi connectivity index (χ3v) is 10.7. The van der Waals surface area contributed by atoms with Crippen LogP contribution in [0.25, 0.3) is 10.3 Å². The van der Waals surface area contributed by atoms with Crippen molar-refractivity contribution in [2.24, 2.45) is 5.16 Å². The molecule has 0 saturated carbocycles. The fourth-order valence-corrected chi connectivity index (χ4v) is 7.54. The van der Waals surface area contributed by atoms with Crippen LogP contribution in [0.1, 0.15) is 29.8 Å². The van der Waals surface area contributed by atoms with E-state index >= 15 is 0 Å². The van der Waals surface area contributed by atoms with E-state index in [4.69, 9.17) is 14.3 Å². The van der Waals surface area contributed by atoms with Crippen molar-refractivity contribution < 1.29 is 27.5 Å². The lowest BCUT2D eigenvalue weighted by atomic mass is 10.1. The summed E-state index contributed by atoms with van der Waals surface area (Å²) in [4.78, 5) is 32.9. The summed E-state index contributed by atoms with van der Waals surface area (Å²) in [6.07, 6.45) is 4.04. The van der Waals surface area contributed by atoms with E-state index < -0.39 is 21.0 Å². The molecule has 0 bridgehead atoms. The van der Waals surface area contributed by atoms with Gasteiger partial charge in [-0.15, -0.1) is 11.3 Å². The van der Waals surface area contributed by atoms with Crippen LogP contribution in [0.4, 0.5) is 5.13 Å². The first-order chi connectivity index (χ1) is 20.5. The molecule has 0 aliphatic carbocycles. The predicted octanol–water partition coefficient (Wildman–Crippen LogP) is 3.40. The highest BCUT2D eigenvalue weighted by Gasteiger charge is 2.31. The van der Waals surface area contributed by atoms with E-state index in [0.717, 1.165) is 25.9 Å². The number of thiazole rings is 2. The number of hydrogen-bond donors (Lipinski definition) is 2. The van der Waals surface area contributed by atoms with Crippen LogP contribution in [-0.4, -0.2) is 72.6 Å². The number of ether oxygens (including phenoxy) is 2. The smallest absolute Gasteiger partial charge is 0.280 e. The first kappa shape index (κ1) is 28.6. The van der Waals surface area contributed by atoms with Crippen molar-refractivity contribution in [3.63, 3.8) is 0 Å². The second kappa shape index (κ2) is 12.8. The van der Waals surface area contributed by atoms with Gasteiger partial charge in [-0.2, -0.15) is 0 Å². The minimum Gasteiger partial charge on any atom is -0.474 e. The Balaban J connectivity index is 1.21. The van der Waals surface area contributed by atoms with Crippen LogP contribution in [0.15, 0.2) is 58.0 Å². The van der Waals surface area contributed by atoms with Gasteiger partial charge in [-0.05, 0) is 50.6 Å². The van der Waals surface area contributed by atoms with E-state index in [1.165, 1.54) is 46.9 Å². The number of oxime groups is 1. The van der Waals surface area contributed by atoms with Crippen LogP contribution in [0, 0.1) is 0 Å². The topological polar surface area (TPSA) is 154 Å². The van der Waals surface area contributed by atoms with Gasteiger partial charge in [-0.3, -0.25) is 10.1 Å². The number of hydrogen-bond acceptors (Lipinski definition) is 13. The molecule has 1 atom stereocenters. The lowest BCUT2D eigenvalue weighted by molar-refractivity contribution is -0.110. The first-order valence-corrected chi connectivity index (χ1v) is 16.7. The third-order valence-electron chi connectivity index (χ3n) is 6.85. The van der Waals surface area contributed by atoms with Gasteiger partial charge in [0, 0.05) is 29.8 Å². The van der Waals surface area contributed by atoms with Gasteiger partial charge in [0.25, 0.3) is 5.91 Å². The van der Waals surface area contributed by atoms with E-state index in [-0.39, 0.29) is 29.9 Å². The molecule has 1 aromatic carbocycles. The highest BCUT2D eigenvalue weighted by Crippen LogP contribution is 2.28. The van der Waals surface area contributed by atoms with Crippen LogP contribution in [-0.2, 0) is 30.8 Å². The Morgan fingerprint density at radius 1 is 1.12 bits per heavy atom. The molecular weight excluding hydrogens is 601 g/mol. The molecule has 2 fully saturated rings. The molecule has 42 heavy (non-hydrogen) atoms. The predicted molar refractivity (Wildman–Crippen MR) is 159 cm³/mol. The molecule has 2 aliphatic rings. The standard InChI is InChI=1S/C27H28N6O6S3/c34-25(32-27-30-21-5-6-22(31-26(21)41-27)39-18-7-10-28-11-8-18)24(33-38-16-23-29-12-14-40-23)17-1-3-19(4-2-17)42(35,36)20-9-13-37-15-20/h1-6,12,14,18,20,28H,7-11,13,15-16H2,(H,30,32,34)/b33-24+/t20-/m0/s1. The summed E-state index contributed by atoms with van der Waals surface area (Å²) < 4.78 is 37.2. The lowest BCUT2D eigenvalue weighted by Crippen LogP contribution is -2.34. The largest absolute Gasteiger partial charge is 0.474 e. The molecule has 5 heterocycles. The normalized spacial score (nSPS) is 18.3. The fraction of sp³-hybridized carbons (Fsp3) is 0.370. The van der Waals surface area contributed by atoms with Gasteiger partial charge in [-0.1, -0.05) is 28.6 Å². The Kier molecular flexibility index (Phi) is 8.71.